The lowest BCUT2D eigenvalue weighted by Crippen LogP contribution is -2.06. The standard InChI is InChI=1S/C18H12F3N3O3/c19-18(20,21)12-6-7-15(16(9-12)24(26)27)23-22-10-14-13-4-2-1-3-11(13)5-8-17(14)25/h1-10,23,25H. The minimum atomic E-state index is -4.69. The molecule has 0 unspecified atom stereocenters. The van der Waals surface area contributed by atoms with Crippen LogP contribution in [0.25, 0.3) is 10.8 Å². The molecule has 9 heteroatoms. The van der Waals surface area contributed by atoms with Gasteiger partial charge in [-0.25, -0.2) is 0 Å². The second-order valence-electron chi connectivity index (χ2n) is 5.58. The molecule has 3 aromatic rings. The van der Waals surface area contributed by atoms with E-state index in [0.717, 1.165) is 17.5 Å². The van der Waals surface area contributed by atoms with Crippen molar-refractivity contribution in [1.29, 1.82) is 0 Å². The van der Waals surface area contributed by atoms with E-state index in [0.29, 0.717) is 17.0 Å². The SMILES string of the molecule is O=[N+]([O-])c1cc(C(F)(F)F)ccc1NN=Cc1c(O)ccc2ccccc12. The Labute approximate surface area is 150 Å². The van der Waals surface area contributed by atoms with Gasteiger partial charge in [0.25, 0.3) is 5.69 Å². The molecule has 0 saturated carbocycles. The predicted molar refractivity (Wildman–Crippen MR) is 94.9 cm³/mol. The molecule has 0 spiro atoms. The van der Waals surface area contributed by atoms with Gasteiger partial charge in [-0.05, 0) is 29.0 Å². The maximum absolute atomic E-state index is 12.7. The van der Waals surface area contributed by atoms with Crippen molar-refractivity contribution in [3.05, 3.63) is 75.8 Å². The summed E-state index contributed by atoms with van der Waals surface area (Å²) in [7, 11) is 0. The zero-order valence-electron chi connectivity index (χ0n) is 13.6. The fourth-order valence-electron chi connectivity index (χ4n) is 2.54. The number of benzene rings is 3. The molecule has 0 saturated heterocycles. The number of fused-ring (bicyclic) bond motifs is 1. The number of rotatable bonds is 4. The van der Waals surface area contributed by atoms with Crippen LogP contribution in [0.4, 0.5) is 24.5 Å². The number of phenols is 1. The van der Waals surface area contributed by atoms with Crippen molar-refractivity contribution in [2.45, 2.75) is 6.18 Å². The number of anilines is 1. The Balaban J connectivity index is 1.93. The predicted octanol–water partition coefficient (Wildman–Crippen LogP) is 4.92. The molecule has 0 aliphatic carbocycles. The number of halogens is 3. The highest BCUT2D eigenvalue weighted by atomic mass is 19.4. The van der Waals surface area contributed by atoms with E-state index in [2.05, 4.69) is 10.5 Å². The molecule has 2 N–H and O–H groups in total. The Morgan fingerprint density at radius 1 is 1.11 bits per heavy atom. The first-order valence-corrected chi connectivity index (χ1v) is 7.63. The summed E-state index contributed by atoms with van der Waals surface area (Å²) in [6, 6.07) is 12.5. The highest BCUT2D eigenvalue weighted by molar-refractivity contribution is 6.02. The highest BCUT2D eigenvalue weighted by Gasteiger charge is 2.33. The summed E-state index contributed by atoms with van der Waals surface area (Å²) in [6.45, 7) is 0. The summed E-state index contributed by atoms with van der Waals surface area (Å²) in [4.78, 5) is 10.1. The number of hydrazone groups is 1. The lowest BCUT2D eigenvalue weighted by molar-refractivity contribution is -0.384. The third-order valence-corrected chi connectivity index (χ3v) is 3.85. The quantitative estimate of drug-likeness (QED) is 0.385. The molecule has 6 nitrogen and oxygen atoms in total. The Bertz CT molecular complexity index is 1050. The lowest BCUT2D eigenvalue weighted by Gasteiger charge is -2.08. The van der Waals surface area contributed by atoms with Crippen molar-refractivity contribution in [2.75, 3.05) is 5.43 Å². The number of nitro groups is 1. The van der Waals surface area contributed by atoms with Gasteiger partial charge >= 0.3 is 6.18 Å². The normalized spacial score (nSPS) is 11.8. The minimum Gasteiger partial charge on any atom is -0.507 e. The first kappa shape index (κ1) is 18.2. The molecule has 27 heavy (non-hydrogen) atoms. The van der Waals surface area contributed by atoms with Crippen molar-refractivity contribution in [3.8, 4) is 5.75 Å². The zero-order valence-corrected chi connectivity index (χ0v) is 13.6. The lowest BCUT2D eigenvalue weighted by atomic mass is 10.0. The van der Waals surface area contributed by atoms with Gasteiger partial charge in [-0.1, -0.05) is 30.3 Å². The van der Waals surface area contributed by atoms with E-state index < -0.39 is 22.4 Å². The molecule has 0 amide bonds. The van der Waals surface area contributed by atoms with Crippen molar-refractivity contribution < 1.29 is 23.2 Å². The van der Waals surface area contributed by atoms with E-state index in [-0.39, 0.29) is 11.4 Å². The summed E-state index contributed by atoms with van der Waals surface area (Å²) < 4.78 is 38.2. The fraction of sp³-hybridized carbons (Fsp3) is 0.0556. The van der Waals surface area contributed by atoms with Gasteiger partial charge in [0.05, 0.1) is 16.7 Å². The van der Waals surface area contributed by atoms with Gasteiger partial charge in [0.2, 0.25) is 0 Å². The van der Waals surface area contributed by atoms with E-state index in [4.69, 9.17) is 0 Å². The monoisotopic (exact) mass is 375 g/mol. The molecule has 0 aromatic heterocycles. The zero-order chi connectivity index (χ0) is 19.6. The van der Waals surface area contributed by atoms with Crippen LogP contribution in [0, 0.1) is 10.1 Å². The first-order chi connectivity index (χ1) is 12.8. The van der Waals surface area contributed by atoms with Gasteiger partial charge in [-0.2, -0.15) is 18.3 Å². The first-order valence-electron chi connectivity index (χ1n) is 7.63. The van der Waals surface area contributed by atoms with Gasteiger partial charge in [0, 0.05) is 11.6 Å². The maximum atomic E-state index is 12.7. The summed E-state index contributed by atoms with van der Waals surface area (Å²) in [5.41, 5.74) is 0.640. The van der Waals surface area contributed by atoms with E-state index in [9.17, 15) is 28.4 Å². The van der Waals surface area contributed by atoms with E-state index in [1.807, 2.05) is 12.1 Å². The molecule has 0 aliphatic rings. The van der Waals surface area contributed by atoms with E-state index >= 15 is 0 Å². The smallest absolute Gasteiger partial charge is 0.416 e. The van der Waals surface area contributed by atoms with Crippen LogP contribution in [0.5, 0.6) is 5.75 Å². The molecule has 0 bridgehead atoms. The van der Waals surface area contributed by atoms with Crippen molar-refractivity contribution >= 4 is 28.4 Å². The van der Waals surface area contributed by atoms with Crippen LogP contribution in [-0.4, -0.2) is 16.2 Å². The molecule has 3 rings (SSSR count). The number of nitrogens with zero attached hydrogens (tertiary/aromatic N) is 2. The molecule has 138 valence electrons. The van der Waals surface area contributed by atoms with Crippen LogP contribution in [0.1, 0.15) is 11.1 Å². The summed E-state index contributed by atoms with van der Waals surface area (Å²) in [6.07, 6.45) is -3.44. The molecule has 0 radical (unpaired) electrons. The number of aromatic hydroxyl groups is 1. The van der Waals surface area contributed by atoms with Crippen molar-refractivity contribution in [3.63, 3.8) is 0 Å². The molecule has 0 heterocycles. The molecular weight excluding hydrogens is 363 g/mol. The summed E-state index contributed by atoms with van der Waals surface area (Å²) in [5.74, 6) is -0.0545. The Kier molecular flexibility index (Phi) is 4.68. The minimum absolute atomic E-state index is 0.0545. The number of alkyl halides is 3. The summed E-state index contributed by atoms with van der Waals surface area (Å²) in [5, 5.41) is 26.5. The highest BCUT2D eigenvalue weighted by Crippen LogP contribution is 2.35. The molecule has 3 aromatic carbocycles. The topological polar surface area (TPSA) is 87.8 Å². The largest absolute Gasteiger partial charge is 0.507 e. The number of nitro benzene ring substituents is 1. The van der Waals surface area contributed by atoms with E-state index in [1.165, 1.54) is 12.3 Å². The van der Waals surface area contributed by atoms with Gasteiger partial charge in [-0.3, -0.25) is 15.5 Å². The molecule has 0 fully saturated rings. The average Bonchev–Trinajstić information content (AvgIpc) is 2.62. The third kappa shape index (κ3) is 3.81. The number of hydrogen-bond acceptors (Lipinski definition) is 5. The van der Waals surface area contributed by atoms with Gasteiger partial charge in [0.15, 0.2) is 0 Å². The maximum Gasteiger partial charge on any atom is 0.416 e. The van der Waals surface area contributed by atoms with Crippen LogP contribution >= 0.6 is 0 Å². The van der Waals surface area contributed by atoms with Crippen molar-refractivity contribution in [2.24, 2.45) is 5.10 Å². The van der Waals surface area contributed by atoms with Crippen LogP contribution in [0.2, 0.25) is 0 Å². The average molecular weight is 375 g/mol. The number of phenolic OH excluding ortho intramolecular Hbond substituents is 1. The van der Waals surface area contributed by atoms with Gasteiger partial charge < -0.3 is 5.11 Å². The van der Waals surface area contributed by atoms with Crippen LogP contribution in [0.3, 0.4) is 0 Å². The molecule has 0 aliphatic heterocycles. The molecular formula is C18H12F3N3O3. The number of nitrogens with one attached hydrogen (secondary N) is 1. The summed E-state index contributed by atoms with van der Waals surface area (Å²) >= 11 is 0. The van der Waals surface area contributed by atoms with Gasteiger partial charge in [0.1, 0.15) is 11.4 Å². The van der Waals surface area contributed by atoms with E-state index in [1.54, 1.807) is 18.2 Å². The van der Waals surface area contributed by atoms with Crippen LogP contribution in [0.15, 0.2) is 59.7 Å². The molecule has 0 atom stereocenters. The number of hydrogen-bond donors (Lipinski definition) is 2. The van der Waals surface area contributed by atoms with Crippen molar-refractivity contribution in [1.82, 2.24) is 0 Å². The second kappa shape index (κ2) is 6.94. The second-order valence-corrected chi connectivity index (χ2v) is 5.58. The van der Waals surface area contributed by atoms with Crippen LogP contribution in [-0.2, 0) is 6.18 Å². The van der Waals surface area contributed by atoms with Crippen LogP contribution < -0.4 is 5.43 Å². The fourth-order valence-corrected chi connectivity index (χ4v) is 2.54. The Morgan fingerprint density at radius 3 is 2.56 bits per heavy atom. The third-order valence-electron chi connectivity index (χ3n) is 3.85. The van der Waals surface area contributed by atoms with Gasteiger partial charge in [-0.15, -0.1) is 0 Å². The Hall–Kier alpha value is -3.62. The Morgan fingerprint density at radius 2 is 1.85 bits per heavy atom.